The van der Waals surface area contributed by atoms with Gasteiger partial charge in [-0.05, 0) is 33.4 Å². The van der Waals surface area contributed by atoms with Gasteiger partial charge in [0.2, 0.25) is 0 Å². The lowest BCUT2D eigenvalue weighted by atomic mass is 10.0. The number of carbonyl (C=O) groups is 1. The molecule has 0 aliphatic carbocycles. The maximum atomic E-state index is 11.9. The standard InChI is InChI=1S/C26H51NO2/c1-5-7-9-10-11-12-13-14-15-16-17-18-19-20-22-23-25(27(3)4)29-26(28)24-21-8-6-2/h21,24-25H,5-20,22-23H2,1-4H3/b24-21+. The zero-order chi connectivity index (χ0) is 21.6. The summed E-state index contributed by atoms with van der Waals surface area (Å²) in [6, 6.07) is 0. The van der Waals surface area contributed by atoms with E-state index in [4.69, 9.17) is 4.74 Å². The van der Waals surface area contributed by atoms with Crippen LogP contribution in [0.1, 0.15) is 129 Å². The van der Waals surface area contributed by atoms with Crippen molar-refractivity contribution in [2.75, 3.05) is 14.1 Å². The number of carbonyl (C=O) groups excluding carboxylic acids is 1. The van der Waals surface area contributed by atoms with Gasteiger partial charge in [0.15, 0.2) is 6.23 Å². The Balaban J connectivity index is 3.51. The van der Waals surface area contributed by atoms with Crippen LogP contribution in [0.4, 0.5) is 0 Å². The lowest BCUT2D eigenvalue weighted by Crippen LogP contribution is -2.32. The first kappa shape index (κ1) is 28.2. The Labute approximate surface area is 182 Å². The van der Waals surface area contributed by atoms with Crippen molar-refractivity contribution in [2.24, 2.45) is 0 Å². The highest BCUT2D eigenvalue weighted by molar-refractivity contribution is 5.81. The van der Waals surface area contributed by atoms with Gasteiger partial charge in [-0.25, -0.2) is 4.79 Å². The molecule has 0 aliphatic heterocycles. The smallest absolute Gasteiger partial charge is 0.331 e. The molecule has 0 aromatic rings. The Hall–Kier alpha value is -0.830. The monoisotopic (exact) mass is 409 g/mol. The first-order valence-corrected chi connectivity index (χ1v) is 12.6. The first-order valence-electron chi connectivity index (χ1n) is 12.6. The molecule has 29 heavy (non-hydrogen) atoms. The molecule has 3 heteroatoms. The molecular weight excluding hydrogens is 358 g/mol. The topological polar surface area (TPSA) is 29.5 Å². The van der Waals surface area contributed by atoms with Crippen LogP contribution in [0, 0.1) is 0 Å². The zero-order valence-corrected chi connectivity index (χ0v) is 20.2. The second-order valence-corrected chi connectivity index (χ2v) is 8.78. The lowest BCUT2D eigenvalue weighted by molar-refractivity contribution is -0.151. The van der Waals surface area contributed by atoms with E-state index in [9.17, 15) is 4.79 Å². The number of nitrogens with zero attached hydrogens (tertiary/aromatic N) is 1. The number of hydrogen-bond donors (Lipinski definition) is 0. The van der Waals surface area contributed by atoms with E-state index in [-0.39, 0.29) is 12.2 Å². The lowest BCUT2D eigenvalue weighted by Gasteiger charge is -2.23. The summed E-state index contributed by atoms with van der Waals surface area (Å²) < 4.78 is 5.58. The second kappa shape index (κ2) is 21.9. The van der Waals surface area contributed by atoms with E-state index in [1.165, 1.54) is 89.9 Å². The predicted octanol–water partition coefficient (Wildman–Crippen LogP) is 8.04. The van der Waals surface area contributed by atoms with E-state index in [1.807, 2.05) is 25.1 Å². The summed E-state index contributed by atoms with van der Waals surface area (Å²) in [5.74, 6) is -0.210. The van der Waals surface area contributed by atoms with Crippen LogP contribution < -0.4 is 0 Å². The molecule has 1 atom stereocenters. The third-order valence-electron chi connectivity index (χ3n) is 5.59. The second-order valence-electron chi connectivity index (χ2n) is 8.78. The molecule has 1 unspecified atom stereocenters. The van der Waals surface area contributed by atoms with Crippen LogP contribution in [0.3, 0.4) is 0 Å². The molecule has 0 saturated carbocycles. The van der Waals surface area contributed by atoms with Gasteiger partial charge in [-0.3, -0.25) is 4.90 Å². The fourth-order valence-electron chi connectivity index (χ4n) is 3.63. The van der Waals surface area contributed by atoms with E-state index >= 15 is 0 Å². The van der Waals surface area contributed by atoms with Crippen LogP contribution in [0.5, 0.6) is 0 Å². The summed E-state index contributed by atoms with van der Waals surface area (Å²) >= 11 is 0. The first-order chi connectivity index (χ1) is 14.1. The van der Waals surface area contributed by atoms with Crippen LogP contribution in [0.2, 0.25) is 0 Å². The van der Waals surface area contributed by atoms with Crippen molar-refractivity contribution >= 4 is 5.97 Å². The Morgan fingerprint density at radius 2 is 1.17 bits per heavy atom. The van der Waals surface area contributed by atoms with Gasteiger partial charge < -0.3 is 4.74 Å². The zero-order valence-electron chi connectivity index (χ0n) is 20.2. The highest BCUT2D eigenvalue weighted by Gasteiger charge is 2.14. The number of rotatable bonds is 21. The van der Waals surface area contributed by atoms with Crippen LogP contribution in [0.15, 0.2) is 12.2 Å². The highest BCUT2D eigenvalue weighted by Crippen LogP contribution is 2.15. The Bertz CT molecular complexity index is 379. The fourth-order valence-corrected chi connectivity index (χ4v) is 3.63. The number of esters is 1. The molecule has 0 aromatic heterocycles. The molecular formula is C26H51NO2. The maximum Gasteiger partial charge on any atom is 0.331 e. The molecule has 0 rings (SSSR count). The Kier molecular flexibility index (Phi) is 21.2. The Morgan fingerprint density at radius 1 is 0.724 bits per heavy atom. The molecule has 0 spiro atoms. The fraction of sp³-hybridized carbons (Fsp3) is 0.885. The van der Waals surface area contributed by atoms with E-state index < -0.39 is 0 Å². The third-order valence-corrected chi connectivity index (χ3v) is 5.59. The summed E-state index contributed by atoms with van der Waals surface area (Å²) in [6.45, 7) is 4.39. The summed E-state index contributed by atoms with van der Waals surface area (Å²) in [7, 11) is 3.97. The molecule has 0 heterocycles. The van der Waals surface area contributed by atoms with Gasteiger partial charge in [-0.15, -0.1) is 0 Å². The van der Waals surface area contributed by atoms with Gasteiger partial charge >= 0.3 is 5.97 Å². The van der Waals surface area contributed by atoms with Gasteiger partial charge in [0.25, 0.3) is 0 Å². The molecule has 0 bridgehead atoms. The molecule has 0 fully saturated rings. The van der Waals surface area contributed by atoms with Crippen LogP contribution >= 0.6 is 0 Å². The summed E-state index contributed by atoms with van der Waals surface area (Å²) in [5.41, 5.74) is 0. The maximum absolute atomic E-state index is 11.9. The third kappa shape index (κ3) is 20.2. The minimum atomic E-state index is -0.210. The van der Waals surface area contributed by atoms with Gasteiger partial charge in [0.05, 0.1) is 0 Å². The average Bonchev–Trinajstić information content (AvgIpc) is 2.70. The SMILES string of the molecule is CCC/C=C/C(=O)OC(CCCCCCCCCCCCCCCCC)N(C)C. The van der Waals surface area contributed by atoms with Crippen molar-refractivity contribution in [3.05, 3.63) is 12.2 Å². The minimum Gasteiger partial charge on any atom is -0.443 e. The molecule has 0 N–H and O–H groups in total. The summed E-state index contributed by atoms with van der Waals surface area (Å²) in [6.07, 6.45) is 26.9. The number of allylic oxidation sites excluding steroid dienone is 1. The van der Waals surface area contributed by atoms with E-state index in [0.29, 0.717) is 0 Å². The quantitative estimate of drug-likeness (QED) is 0.0831. The van der Waals surface area contributed by atoms with E-state index in [1.54, 1.807) is 6.08 Å². The molecule has 0 saturated heterocycles. The van der Waals surface area contributed by atoms with E-state index in [2.05, 4.69) is 13.8 Å². The highest BCUT2D eigenvalue weighted by atomic mass is 16.6. The molecule has 3 nitrogen and oxygen atoms in total. The van der Waals surface area contributed by atoms with Gasteiger partial charge in [0, 0.05) is 6.08 Å². The molecule has 0 radical (unpaired) electrons. The molecule has 172 valence electrons. The van der Waals surface area contributed by atoms with Crippen molar-refractivity contribution in [1.82, 2.24) is 4.90 Å². The number of ether oxygens (including phenoxy) is 1. The number of hydrogen-bond acceptors (Lipinski definition) is 3. The van der Waals surface area contributed by atoms with Crippen LogP contribution in [0.25, 0.3) is 0 Å². The van der Waals surface area contributed by atoms with Gasteiger partial charge in [0.1, 0.15) is 0 Å². The molecule has 0 aromatic carbocycles. The van der Waals surface area contributed by atoms with Crippen LogP contribution in [-0.2, 0) is 9.53 Å². The summed E-state index contributed by atoms with van der Waals surface area (Å²) in [4.78, 5) is 13.9. The van der Waals surface area contributed by atoms with Gasteiger partial charge in [-0.1, -0.05) is 116 Å². The predicted molar refractivity (Wildman–Crippen MR) is 127 cm³/mol. The van der Waals surface area contributed by atoms with E-state index in [0.717, 1.165) is 25.7 Å². The van der Waals surface area contributed by atoms with Crippen LogP contribution in [-0.4, -0.2) is 31.2 Å². The minimum absolute atomic E-state index is 0.101. The molecule has 0 aliphatic rings. The van der Waals surface area contributed by atoms with Gasteiger partial charge in [-0.2, -0.15) is 0 Å². The van der Waals surface area contributed by atoms with Crippen molar-refractivity contribution in [3.8, 4) is 0 Å². The van der Waals surface area contributed by atoms with Crippen molar-refractivity contribution in [2.45, 2.75) is 136 Å². The van der Waals surface area contributed by atoms with Crippen molar-refractivity contribution in [1.29, 1.82) is 0 Å². The van der Waals surface area contributed by atoms with Crippen molar-refractivity contribution < 1.29 is 9.53 Å². The summed E-state index contributed by atoms with van der Waals surface area (Å²) in [5, 5.41) is 0. The normalized spacial score (nSPS) is 12.7. The number of unbranched alkanes of at least 4 members (excludes halogenated alkanes) is 15. The largest absolute Gasteiger partial charge is 0.443 e. The average molecular weight is 410 g/mol. The Morgan fingerprint density at radius 3 is 1.59 bits per heavy atom. The molecule has 0 amide bonds. The van der Waals surface area contributed by atoms with Crippen molar-refractivity contribution in [3.63, 3.8) is 0 Å².